The van der Waals surface area contributed by atoms with E-state index in [2.05, 4.69) is 22.6 Å². The molecule has 7 heteroatoms. The minimum atomic E-state index is -4.31. The summed E-state index contributed by atoms with van der Waals surface area (Å²) in [6.45, 7) is -0.00648. The van der Waals surface area contributed by atoms with E-state index in [9.17, 15) is 13.2 Å². The predicted molar refractivity (Wildman–Crippen MR) is 65.4 cm³/mol. The Balaban J connectivity index is 2.53. The number of ether oxygens (including phenoxy) is 1. The maximum atomic E-state index is 11.0. The van der Waals surface area contributed by atoms with Crippen LogP contribution in [0.4, 0.5) is 0 Å². The third-order valence-corrected chi connectivity index (χ3v) is 3.30. The highest BCUT2D eigenvalue weighted by Gasteiger charge is 2.14. The highest BCUT2D eigenvalue weighted by molar-refractivity contribution is 14.1. The number of rotatable bonds is 4. The van der Waals surface area contributed by atoms with E-state index in [0.717, 1.165) is 9.13 Å². The van der Waals surface area contributed by atoms with Crippen molar-refractivity contribution in [1.29, 1.82) is 0 Å². The van der Waals surface area contributed by atoms with Crippen molar-refractivity contribution in [2.75, 3.05) is 5.75 Å². The zero-order valence-corrected chi connectivity index (χ0v) is 11.1. The first-order chi connectivity index (χ1) is 7.38. The van der Waals surface area contributed by atoms with Crippen molar-refractivity contribution >= 4 is 38.7 Å². The first-order valence-corrected chi connectivity index (χ1v) is 6.91. The van der Waals surface area contributed by atoms with Crippen molar-refractivity contribution in [2.24, 2.45) is 0 Å². The minimum Gasteiger partial charge on any atom is -0.460 e. The van der Waals surface area contributed by atoms with Crippen molar-refractivity contribution in [3.8, 4) is 0 Å². The zero-order chi connectivity index (χ0) is 12.2. The summed E-state index contributed by atoms with van der Waals surface area (Å²) < 4.78 is 34.8. The molecule has 88 valence electrons. The Morgan fingerprint density at radius 2 is 2.00 bits per heavy atom. The van der Waals surface area contributed by atoms with Gasteiger partial charge in [0.15, 0.2) is 5.75 Å². The molecule has 0 fully saturated rings. The topological polar surface area (TPSA) is 80.7 Å². The van der Waals surface area contributed by atoms with Gasteiger partial charge in [0.1, 0.15) is 6.61 Å². The number of hydrogen-bond donors (Lipinski definition) is 1. The molecule has 0 heterocycles. The second kappa shape index (κ2) is 5.60. The SMILES string of the molecule is O=C(CS(=O)(=O)O)OCc1ccccc1I. The van der Waals surface area contributed by atoms with Gasteiger partial charge in [-0.3, -0.25) is 9.35 Å². The van der Waals surface area contributed by atoms with Crippen LogP contribution in [0.3, 0.4) is 0 Å². The highest BCUT2D eigenvalue weighted by Crippen LogP contribution is 2.12. The highest BCUT2D eigenvalue weighted by atomic mass is 127. The molecule has 0 unspecified atom stereocenters. The summed E-state index contributed by atoms with van der Waals surface area (Å²) in [5.74, 6) is -1.99. The first-order valence-electron chi connectivity index (χ1n) is 4.22. The maximum absolute atomic E-state index is 11.0. The van der Waals surface area contributed by atoms with Gasteiger partial charge in [-0.05, 0) is 28.7 Å². The predicted octanol–water partition coefficient (Wildman–Crippen LogP) is 1.22. The molecule has 0 spiro atoms. The van der Waals surface area contributed by atoms with Gasteiger partial charge >= 0.3 is 5.97 Å². The fraction of sp³-hybridized carbons (Fsp3) is 0.222. The van der Waals surface area contributed by atoms with E-state index in [-0.39, 0.29) is 6.61 Å². The molecule has 1 aromatic rings. The van der Waals surface area contributed by atoms with E-state index >= 15 is 0 Å². The number of esters is 1. The fourth-order valence-corrected chi connectivity index (χ4v) is 1.89. The van der Waals surface area contributed by atoms with E-state index < -0.39 is 21.8 Å². The largest absolute Gasteiger partial charge is 0.460 e. The van der Waals surface area contributed by atoms with E-state index in [1.807, 2.05) is 12.1 Å². The average Bonchev–Trinajstić information content (AvgIpc) is 2.14. The van der Waals surface area contributed by atoms with Gasteiger partial charge in [0.2, 0.25) is 0 Å². The van der Waals surface area contributed by atoms with Crippen molar-refractivity contribution in [1.82, 2.24) is 0 Å². The first kappa shape index (κ1) is 13.4. The van der Waals surface area contributed by atoms with E-state index in [0.29, 0.717) is 0 Å². The van der Waals surface area contributed by atoms with Crippen molar-refractivity contribution < 1.29 is 22.5 Å². The maximum Gasteiger partial charge on any atom is 0.323 e. The van der Waals surface area contributed by atoms with Crippen molar-refractivity contribution in [3.05, 3.63) is 33.4 Å². The lowest BCUT2D eigenvalue weighted by atomic mass is 10.2. The van der Waals surface area contributed by atoms with E-state index in [1.54, 1.807) is 12.1 Å². The van der Waals surface area contributed by atoms with Gasteiger partial charge in [0.05, 0.1) is 0 Å². The van der Waals surface area contributed by atoms with Crippen molar-refractivity contribution in [2.45, 2.75) is 6.61 Å². The summed E-state index contributed by atoms with van der Waals surface area (Å²) in [5, 5.41) is 0. The summed E-state index contributed by atoms with van der Waals surface area (Å²) in [5.41, 5.74) is 0.784. The number of halogens is 1. The van der Waals surface area contributed by atoms with Crippen LogP contribution >= 0.6 is 22.6 Å². The lowest BCUT2D eigenvalue weighted by Gasteiger charge is -2.05. The molecular formula is C9H9IO5S. The van der Waals surface area contributed by atoms with Crippen LogP contribution in [0.15, 0.2) is 24.3 Å². The van der Waals surface area contributed by atoms with Gasteiger partial charge in [0.25, 0.3) is 10.1 Å². The number of benzene rings is 1. The molecule has 1 rings (SSSR count). The van der Waals surface area contributed by atoms with Crippen LogP contribution in [0, 0.1) is 3.57 Å². The summed E-state index contributed by atoms with van der Waals surface area (Å²) in [6, 6.07) is 7.23. The lowest BCUT2D eigenvalue weighted by molar-refractivity contribution is -0.141. The smallest absolute Gasteiger partial charge is 0.323 e. The van der Waals surface area contributed by atoms with E-state index in [4.69, 9.17) is 9.29 Å². The fourth-order valence-electron chi connectivity index (χ4n) is 0.964. The number of carbonyl (C=O) groups is 1. The second-order valence-electron chi connectivity index (χ2n) is 2.98. The Hall–Kier alpha value is -0.670. The van der Waals surface area contributed by atoms with Gasteiger partial charge < -0.3 is 4.74 Å². The Morgan fingerprint density at radius 3 is 2.56 bits per heavy atom. The van der Waals surface area contributed by atoms with Gasteiger partial charge in [-0.1, -0.05) is 18.2 Å². The molecule has 1 N–H and O–H groups in total. The molecule has 0 saturated carbocycles. The molecule has 0 aromatic heterocycles. The second-order valence-corrected chi connectivity index (χ2v) is 5.59. The molecule has 0 aliphatic carbocycles. The summed E-state index contributed by atoms with van der Waals surface area (Å²) in [7, 11) is -4.31. The molecule has 0 amide bonds. The van der Waals surface area contributed by atoms with Gasteiger partial charge in [-0.15, -0.1) is 0 Å². The molecular weight excluding hydrogens is 347 g/mol. The molecule has 1 aromatic carbocycles. The van der Waals surface area contributed by atoms with Gasteiger partial charge in [-0.25, -0.2) is 0 Å². The summed E-state index contributed by atoms with van der Waals surface area (Å²) >= 11 is 2.08. The number of carbonyl (C=O) groups excluding carboxylic acids is 1. The third kappa shape index (κ3) is 4.90. The van der Waals surface area contributed by atoms with Crippen LogP contribution in [-0.4, -0.2) is 24.7 Å². The monoisotopic (exact) mass is 356 g/mol. The molecule has 0 aliphatic heterocycles. The number of hydrogen-bond acceptors (Lipinski definition) is 4. The summed E-state index contributed by atoms with van der Waals surface area (Å²) in [4.78, 5) is 11.0. The Labute approximate surface area is 107 Å². The average molecular weight is 356 g/mol. The van der Waals surface area contributed by atoms with E-state index in [1.165, 1.54) is 0 Å². The molecule has 0 atom stereocenters. The van der Waals surface area contributed by atoms with Crippen LogP contribution in [0.1, 0.15) is 5.56 Å². The van der Waals surface area contributed by atoms with Crippen LogP contribution in [0.2, 0.25) is 0 Å². The van der Waals surface area contributed by atoms with Crippen LogP contribution in [0.5, 0.6) is 0 Å². The third-order valence-electron chi connectivity index (χ3n) is 1.65. The lowest BCUT2D eigenvalue weighted by Crippen LogP contribution is -2.17. The molecule has 0 bridgehead atoms. The molecule has 0 aliphatic rings. The minimum absolute atomic E-state index is 0.00648. The standard InChI is InChI=1S/C9H9IO5S/c10-8-4-2-1-3-7(8)5-15-9(11)6-16(12,13)14/h1-4H,5-6H2,(H,12,13,14). The summed E-state index contributed by atoms with van der Waals surface area (Å²) in [6.07, 6.45) is 0. The van der Waals surface area contributed by atoms with Crippen LogP contribution < -0.4 is 0 Å². The normalized spacial score (nSPS) is 11.1. The Bertz CT molecular complexity index is 482. The van der Waals surface area contributed by atoms with Crippen LogP contribution in [-0.2, 0) is 26.3 Å². The Morgan fingerprint density at radius 1 is 1.38 bits per heavy atom. The molecule has 16 heavy (non-hydrogen) atoms. The zero-order valence-electron chi connectivity index (χ0n) is 8.09. The quantitative estimate of drug-likeness (QED) is 0.499. The van der Waals surface area contributed by atoms with Gasteiger partial charge in [-0.2, -0.15) is 8.42 Å². The molecule has 5 nitrogen and oxygen atoms in total. The molecule has 0 saturated heterocycles. The Kier molecular flexibility index (Phi) is 4.69. The van der Waals surface area contributed by atoms with Crippen LogP contribution in [0.25, 0.3) is 0 Å². The van der Waals surface area contributed by atoms with Crippen molar-refractivity contribution in [3.63, 3.8) is 0 Å². The van der Waals surface area contributed by atoms with Gasteiger partial charge in [0, 0.05) is 9.13 Å². The molecule has 0 radical (unpaired) electrons.